The standard InChI is InChI=1S/C9H15F2NO3/c10-8(11)6-15-7-1-3-12(4-2-7)5-9(13)14/h7-8H,1-6H2,(H,13,14). The molecule has 1 rings (SSSR count). The molecular weight excluding hydrogens is 208 g/mol. The van der Waals surface area contributed by atoms with Gasteiger partial charge in [0, 0.05) is 13.1 Å². The maximum atomic E-state index is 11.8. The van der Waals surface area contributed by atoms with Crippen molar-refractivity contribution < 1.29 is 23.4 Å². The molecule has 15 heavy (non-hydrogen) atoms. The Bertz CT molecular complexity index is 206. The van der Waals surface area contributed by atoms with Gasteiger partial charge < -0.3 is 9.84 Å². The summed E-state index contributed by atoms with van der Waals surface area (Å²) in [5, 5.41) is 8.54. The van der Waals surface area contributed by atoms with Gasteiger partial charge in [0.25, 0.3) is 6.43 Å². The zero-order valence-corrected chi connectivity index (χ0v) is 8.36. The Labute approximate surface area is 86.8 Å². The molecule has 1 aliphatic rings. The number of hydrogen-bond donors (Lipinski definition) is 1. The maximum absolute atomic E-state index is 11.8. The summed E-state index contributed by atoms with van der Waals surface area (Å²) in [5.74, 6) is -0.859. The average molecular weight is 223 g/mol. The minimum atomic E-state index is -2.43. The third-order valence-electron chi connectivity index (χ3n) is 2.35. The van der Waals surface area contributed by atoms with Gasteiger partial charge in [0.15, 0.2) is 0 Å². The van der Waals surface area contributed by atoms with Crippen molar-refractivity contribution in [1.82, 2.24) is 4.90 Å². The Balaban J connectivity index is 2.15. The van der Waals surface area contributed by atoms with E-state index in [0.717, 1.165) is 0 Å². The number of rotatable bonds is 5. The van der Waals surface area contributed by atoms with Crippen LogP contribution in [-0.4, -0.2) is 54.7 Å². The van der Waals surface area contributed by atoms with Gasteiger partial charge in [-0.25, -0.2) is 8.78 Å². The van der Waals surface area contributed by atoms with Crippen LogP contribution in [0.15, 0.2) is 0 Å². The number of alkyl halides is 2. The summed E-state index contributed by atoms with van der Waals surface area (Å²) < 4.78 is 28.6. The van der Waals surface area contributed by atoms with Crippen molar-refractivity contribution in [3.8, 4) is 0 Å². The number of carboxylic acid groups (broad SMARTS) is 1. The van der Waals surface area contributed by atoms with Gasteiger partial charge >= 0.3 is 5.97 Å². The molecule has 4 nitrogen and oxygen atoms in total. The first-order valence-corrected chi connectivity index (χ1v) is 4.92. The van der Waals surface area contributed by atoms with E-state index in [1.165, 1.54) is 0 Å². The number of halogens is 2. The second-order valence-electron chi connectivity index (χ2n) is 3.59. The Kier molecular flexibility index (Phi) is 4.90. The van der Waals surface area contributed by atoms with E-state index >= 15 is 0 Å². The molecule has 0 spiro atoms. The van der Waals surface area contributed by atoms with Gasteiger partial charge in [0.05, 0.1) is 12.6 Å². The molecule has 0 aliphatic carbocycles. The molecule has 1 aliphatic heterocycles. The lowest BCUT2D eigenvalue weighted by Gasteiger charge is -2.30. The molecule has 0 aromatic carbocycles. The van der Waals surface area contributed by atoms with Crippen molar-refractivity contribution >= 4 is 5.97 Å². The molecule has 1 saturated heterocycles. The fraction of sp³-hybridized carbons (Fsp3) is 0.889. The van der Waals surface area contributed by atoms with Gasteiger partial charge in [0.2, 0.25) is 0 Å². The van der Waals surface area contributed by atoms with Crippen molar-refractivity contribution in [2.24, 2.45) is 0 Å². The van der Waals surface area contributed by atoms with Gasteiger partial charge in [-0.2, -0.15) is 0 Å². The quantitative estimate of drug-likeness (QED) is 0.749. The molecule has 0 radical (unpaired) electrons. The van der Waals surface area contributed by atoms with Crippen molar-refractivity contribution in [2.45, 2.75) is 25.4 Å². The van der Waals surface area contributed by atoms with Gasteiger partial charge in [-0.15, -0.1) is 0 Å². The monoisotopic (exact) mass is 223 g/mol. The molecule has 1 heterocycles. The topological polar surface area (TPSA) is 49.8 Å². The first-order valence-electron chi connectivity index (χ1n) is 4.92. The lowest BCUT2D eigenvalue weighted by Crippen LogP contribution is -2.40. The molecule has 0 unspecified atom stereocenters. The largest absolute Gasteiger partial charge is 0.480 e. The predicted octanol–water partition coefficient (Wildman–Crippen LogP) is 0.817. The average Bonchev–Trinajstić information content (AvgIpc) is 2.16. The lowest BCUT2D eigenvalue weighted by atomic mass is 10.1. The minimum Gasteiger partial charge on any atom is -0.480 e. The highest BCUT2D eigenvalue weighted by atomic mass is 19.3. The van der Waals surface area contributed by atoms with Crippen molar-refractivity contribution in [1.29, 1.82) is 0 Å². The van der Waals surface area contributed by atoms with Crippen LogP contribution in [0.5, 0.6) is 0 Å². The van der Waals surface area contributed by atoms with Crippen molar-refractivity contribution in [3.63, 3.8) is 0 Å². The molecular formula is C9H15F2NO3. The number of nitrogens with zero attached hydrogens (tertiary/aromatic N) is 1. The number of hydrogen-bond acceptors (Lipinski definition) is 3. The Morgan fingerprint density at radius 1 is 1.47 bits per heavy atom. The van der Waals surface area contributed by atoms with Crippen LogP contribution in [0.25, 0.3) is 0 Å². The molecule has 0 aromatic rings. The third-order valence-corrected chi connectivity index (χ3v) is 2.35. The van der Waals surface area contributed by atoms with Crippen LogP contribution in [0.1, 0.15) is 12.8 Å². The SMILES string of the molecule is O=C(O)CN1CCC(OCC(F)F)CC1. The predicted molar refractivity (Wildman–Crippen MR) is 49.1 cm³/mol. The van der Waals surface area contributed by atoms with Crippen LogP contribution in [-0.2, 0) is 9.53 Å². The van der Waals surface area contributed by atoms with Crippen LogP contribution in [0.3, 0.4) is 0 Å². The number of aliphatic carboxylic acids is 1. The molecule has 1 N–H and O–H groups in total. The molecule has 0 atom stereocenters. The van der Waals surface area contributed by atoms with Gasteiger partial charge in [-0.3, -0.25) is 9.69 Å². The summed E-state index contributed by atoms with van der Waals surface area (Å²) in [5.41, 5.74) is 0. The molecule has 88 valence electrons. The third kappa shape index (κ3) is 5.03. The zero-order chi connectivity index (χ0) is 11.3. The summed E-state index contributed by atoms with van der Waals surface area (Å²) >= 11 is 0. The second kappa shape index (κ2) is 5.97. The fourth-order valence-electron chi connectivity index (χ4n) is 1.63. The maximum Gasteiger partial charge on any atom is 0.317 e. The molecule has 0 bridgehead atoms. The van der Waals surface area contributed by atoms with Crippen LogP contribution in [0.4, 0.5) is 8.78 Å². The summed E-state index contributed by atoms with van der Waals surface area (Å²) in [6.45, 7) is 0.686. The number of piperidine rings is 1. The summed E-state index contributed by atoms with van der Waals surface area (Å²) in [6, 6.07) is 0. The van der Waals surface area contributed by atoms with E-state index in [4.69, 9.17) is 9.84 Å². The molecule has 0 amide bonds. The molecule has 6 heteroatoms. The van der Waals surface area contributed by atoms with E-state index in [1.807, 2.05) is 0 Å². The van der Waals surface area contributed by atoms with Crippen LogP contribution >= 0.6 is 0 Å². The van der Waals surface area contributed by atoms with Crippen LogP contribution in [0, 0.1) is 0 Å². The summed E-state index contributed by atoms with van der Waals surface area (Å²) in [7, 11) is 0. The first kappa shape index (κ1) is 12.3. The highest BCUT2D eigenvalue weighted by Gasteiger charge is 2.21. The van der Waals surface area contributed by atoms with Gasteiger partial charge in [-0.05, 0) is 12.8 Å². The van der Waals surface area contributed by atoms with E-state index < -0.39 is 19.0 Å². The fourth-order valence-corrected chi connectivity index (χ4v) is 1.63. The number of likely N-dealkylation sites (tertiary alicyclic amines) is 1. The van der Waals surface area contributed by atoms with E-state index in [1.54, 1.807) is 4.90 Å². The smallest absolute Gasteiger partial charge is 0.317 e. The van der Waals surface area contributed by atoms with Crippen LogP contribution < -0.4 is 0 Å². The highest BCUT2D eigenvalue weighted by Crippen LogP contribution is 2.14. The van der Waals surface area contributed by atoms with Gasteiger partial charge in [0.1, 0.15) is 6.61 Å². The number of ether oxygens (including phenoxy) is 1. The van der Waals surface area contributed by atoms with E-state index in [0.29, 0.717) is 25.9 Å². The summed E-state index contributed by atoms with van der Waals surface area (Å²) in [6.07, 6.45) is -1.33. The lowest BCUT2D eigenvalue weighted by molar-refractivity contribution is -0.139. The summed E-state index contributed by atoms with van der Waals surface area (Å²) in [4.78, 5) is 12.2. The molecule has 0 aromatic heterocycles. The van der Waals surface area contributed by atoms with E-state index in [9.17, 15) is 13.6 Å². The minimum absolute atomic E-state index is 0.0154. The Hall–Kier alpha value is -0.750. The van der Waals surface area contributed by atoms with Crippen LogP contribution in [0.2, 0.25) is 0 Å². The Morgan fingerprint density at radius 3 is 2.53 bits per heavy atom. The van der Waals surface area contributed by atoms with E-state index in [-0.39, 0.29) is 12.6 Å². The second-order valence-corrected chi connectivity index (χ2v) is 3.59. The molecule has 0 saturated carbocycles. The number of carbonyl (C=O) groups is 1. The zero-order valence-electron chi connectivity index (χ0n) is 8.36. The Morgan fingerprint density at radius 2 is 2.07 bits per heavy atom. The molecule has 1 fully saturated rings. The van der Waals surface area contributed by atoms with E-state index in [2.05, 4.69) is 0 Å². The van der Waals surface area contributed by atoms with Crippen molar-refractivity contribution in [3.05, 3.63) is 0 Å². The number of carboxylic acids is 1. The highest BCUT2D eigenvalue weighted by molar-refractivity contribution is 5.69. The van der Waals surface area contributed by atoms with Gasteiger partial charge in [-0.1, -0.05) is 0 Å². The first-order chi connectivity index (χ1) is 7.08. The van der Waals surface area contributed by atoms with Crippen molar-refractivity contribution in [2.75, 3.05) is 26.2 Å². The normalized spacial score (nSPS) is 19.7.